The van der Waals surface area contributed by atoms with E-state index in [4.69, 9.17) is 14.5 Å². The molecule has 5 atom stereocenters. The second-order valence-corrected chi connectivity index (χ2v) is 6.99. The summed E-state index contributed by atoms with van der Waals surface area (Å²) in [6.45, 7) is 10.3. The molecule has 0 aromatic heterocycles. The van der Waals surface area contributed by atoms with Crippen molar-refractivity contribution < 1.29 is 14.3 Å². The number of thioether (sulfide) groups is 1. The van der Waals surface area contributed by atoms with Crippen molar-refractivity contribution in [3.63, 3.8) is 0 Å². The average molecular weight is 300 g/mol. The number of fused-ring (bicyclic) bond motifs is 1. The summed E-state index contributed by atoms with van der Waals surface area (Å²) < 4.78 is 11.2. The highest BCUT2D eigenvalue weighted by molar-refractivity contribution is 8.14. The molecule has 0 amide bonds. The molecule has 2 aliphatic rings. The van der Waals surface area contributed by atoms with Gasteiger partial charge in [-0.2, -0.15) is 0 Å². The van der Waals surface area contributed by atoms with Crippen LogP contribution < -0.4 is 5.32 Å². The average Bonchev–Trinajstić information content (AvgIpc) is 2.73. The number of hydrogen-bond donors (Lipinski definition) is 1. The van der Waals surface area contributed by atoms with Gasteiger partial charge in [-0.15, -0.1) is 0 Å². The van der Waals surface area contributed by atoms with E-state index in [2.05, 4.69) is 33.0 Å². The standard InChI is InChI=1S/C14H24N2O3S/c1-7(2)15-14-16-12-9(4)8(3)11(6-18-10(5)17)19-13(12)20-14/h7-9,11-13H,6H2,1-5H3,(H,15,16)/t8-,9-,11+,12+,13+/m0/s1. The van der Waals surface area contributed by atoms with Crippen molar-refractivity contribution in [3.05, 3.63) is 0 Å². The van der Waals surface area contributed by atoms with E-state index in [1.807, 2.05) is 0 Å². The van der Waals surface area contributed by atoms with E-state index in [0.29, 0.717) is 24.5 Å². The Labute approximate surface area is 124 Å². The summed E-state index contributed by atoms with van der Waals surface area (Å²) in [6, 6.07) is 0.552. The van der Waals surface area contributed by atoms with Gasteiger partial charge in [0.25, 0.3) is 0 Å². The minimum Gasteiger partial charge on any atom is -0.463 e. The molecule has 20 heavy (non-hydrogen) atoms. The molecule has 0 aromatic rings. The third kappa shape index (κ3) is 3.47. The quantitative estimate of drug-likeness (QED) is 0.808. The van der Waals surface area contributed by atoms with Crippen LogP contribution in [0, 0.1) is 11.8 Å². The smallest absolute Gasteiger partial charge is 0.302 e. The molecule has 114 valence electrons. The zero-order chi connectivity index (χ0) is 14.9. The second-order valence-electron chi connectivity index (χ2n) is 5.91. The van der Waals surface area contributed by atoms with Crippen molar-refractivity contribution in [3.8, 4) is 0 Å². The van der Waals surface area contributed by atoms with E-state index in [9.17, 15) is 4.79 Å². The topological polar surface area (TPSA) is 59.9 Å². The highest BCUT2D eigenvalue weighted by Crippen LogP contribution is 2.41. The maximum absolute atomic E-state index is 11.0. The SMILES string of the molecule is CC(=O)OC[C@H]1O[C@@H]2SC(NC(C)C)=N[C@@H]2[C@@H](C)[C@@H]1C. The van der Waals surface area contributed by atoms with Crippen LogP contribution in [0.3, 0.4) is 0 Å². The van der Waals surface area contributed by atoms with Crippen LogP contribution >= 0.6 is 11.8 Å². The van der Waals surface area contributed by atoms with Crippen LogP contribution in [0.2, 0.25) is 0 Å². The van der Waals surface area contributed by atoms with Gasteiger partial charge in [-0.25, -0.2) is 0 Å². The van der Waals surface area contributed by atoms with Crippen LogP contribution in [-0.2, 0) is 14.3 Å². The summed E-state index contributed by atoms with van der Waals surface area (Å²) in [6.07, 6.45) is -0.0451. The summed E-state index contributed by atoms with van der Waals surface area (Å²) in [5.74, 6) is 0.472. The molecular weight excluding hydrogens is 276 g/mol. The Morgan fingerprint density at radius 3 is 2.75 bits per heavy atom. The van der Waals surface area contributed by atoms with Crippen LogP contribution in [0.15, 0.2) is 4.99 Å². The van der Waals surface area contributed by atoms with Gasteiger partial charge in [0.15, 0.2) is 5.17 Å². The molecule has 0 bridgehead atoms. The molecule has 0 radical (unpaired) electrons. The zero-order valence-corrected chi connectivity index (χ0v) is 13.6. The van der Waals surface area contributed by atoms with Gasteiger partial charge < -0.3 is 14.8 Å². The highest BCUT2D eigenvalue weighted by Gasteiger charge is 2.45. The molecular formula is C14H24N2O3S. The van der Waals surface area contributed by atoms with Crippen molar-refractivity contribution in [1.82, 2.24) is 5.32 Å². The number of carbonyl (C=O) groups is 1. The molecule has 0 aromatic carbocycles. The Balaban J connectivity index is 1.99. The summed E-state index contributed by atoms with van der Waals surface area (Å²) >= 11 is 1.64. The molecule has 0 saturated carbocycles. The molecule has 0 spiro atoms. The second kappa shape index (κ2) is 6.35. The predicted octanol–water partition coefficient (Wildman–Crippen LogP) is 2.02. The van der Waals surface area contributed by atoms with Crippen molar-refractivity contribution in [2.24, 2.45) is 16.8 Å². The number of rotatable bonds is 3. The largest absolute Gasteiger partial charge is 0.463 e. The number of amidine groups is 1. The van der Waals surface area contributed by atoms with Crippen molar-refractivity contribution >= 4 is 22.9 Å². The molecule has 0 aliphatic carbocycles. The van der Waals surface area contributed by atoms with E-state index in [-0.39, 0.29) is 23.6 Å². The minimum absolute atomic E-state index is 0.0306. The molecule has 0 unspecified atom stereocenters. The van der Waals surface area contributed by atoms with E-state index < -0.39 is 0 Å². The molecule has 5 nitrogen and oxygen atoms in total. The van der Waals surface area contributed by atoms with Gasteiger partial charge in [-0.1, -0.05) is 25.6 Å². The Hall–Kier alpha value is -0.750. The lowest BCUT2D eigenvalue weighted by molar-refractivity contribution is -0.152. The van der Waals surface area contributed by atoms with Crippen LogP contribution in [0.4, 0.5) is 0 Å². The highest BCUT2D eigenvalue weighted by atomic mass is 32.2. The number of aliphatic imine (C=N–C) groups is 1. The van der Waals surface area contributed by atoms with Crippen molar-refractivity contribution in [2.45, 2.75) is 58.2 Å². The van der Waals surface area contributed by atoms with Gasteiger partial charge in [0, 0.05) is 13.0 Å². The van der Waals surface area contributed by atoms with Gasteiger partial charge in [-0.05, 0) is 25.7 Å². The van der Waals surface area contributed by atoms with Crippen LogP contribution in [0.1, 0.15) is 34.6 Å². The Kier molecular flexibility index (Phi) is 4.96. The molecule has 1 N–H and O–H groups in total. The van der Waals surface area contributed by atoms with Crippen LogP contribution in [0.25, 0.3) is 0 Å². The normalized spacial score (nSPS) is 36.5. The maximum atomic E-state index is 11.0. The van der Waals surface area contributed by atoms with Crippen molar-refractivity contribution in [1.29, 1.82) is 0 Å². The van der Waals surface area contributed by atoms with Gasteiger partial charge in [0.05, 0.1) is 12.1 Å². The third-order valence-electron chi connectivity index (χ3n) is 3.90. The molecule has 1 fully saturated rings. The number of carbonyl (C=O) groups excluding carboxylic acids is 1. The monoisotopic (exact) mass is 300 g/mol. The minimum atomic E-state index is -0.256. The lowest BCUT2D eigenvalue weighted by Crippen LogP contribution is -2.47. The first-order chi connectivity index (χ1) is 9.38. The Morgan fingerprint density at radius 1 is 1.45 bits per heavy atom. The molecule has 2 rings (SSSR count). The fourth-order valence-electron chi connectivity index (χ4n) is 2.53. The fourth-order valence-corrected chi connectivity index (χ4v) is 3.89. The predicted molar refractivity (Wildman–Crippen MR) is 80.7 cm³/mol. The number of nitrogens with one attached hydrogen (secondary N) is 1. The summed E-state index contributed by atoms with van der Waals surface area (Å²) in [4.78, 5) is 15.7. The first-order valence-corrected chi connectivity index (χ1v) is 8.06. The number of esters is 1. The summed E-state index contributed by atoms with van der Waals surface area (Å²) in [5, 5.41) is 4.31. The fraction of sp³-hybridized carbons (Fsp3) is 0.857. The zero-order valence-electron chi connectivity index (χ0n) is 12.8. The van der Waals surface area contributed by atoms with E-state index in [0.717, 1.165) is 5.17 Å². The maximum Gasteiger partial charge on any atom is 0.302 e. The van der Waals surface area contributed by atoms with Crippen LogP contribution in [-0.4, -0.2) is 41.4 Å². The Morgan fingerprint density at radius 2 is 2.15 bits per heavy atom. The number of nitrogens with zero attached hydrogens (tertiary/aromatic N) is 1. The van der Waals surface area contributed by atoms with Gasteiger partial charge in [-0.3, -0.25) is 9.79 Å². The van der Waals surface area contributed by atoms with E-state index >= 15 is 0 Å². The lowest BCUT2D eigenvalue weighted by atomic mass is 9.83. The summed E-state index contributed by atoms with van der Waals surface area (Å²) in [7, 11) is 0. The van der Waals surface area contributed by atoms with E-state index in [1.54, 1.807) is 11.8 Å². The molecule has 2 heterocycles. The molecule has 2 aliphatic heterocycles. The Bertz CT molecular complexity index is 400. The van der Waals surface area contributed by atoms with E-state index in [1.165, 1.54) is 6.92 Å². The molecule has 1 saturated heterocycles. The first-order valence-electron chi connectivity index (χ1n) is 7.18. The molecule has 6 heteroatoms. The third-order valence-corrected chi connectivity index (χ3v) is 4.97. The lowest BCUT2D eigenvalue weighted by Gasteiger charge is -2.40. The first kappa shape index (κ1) is 15.6. The van der Waals surface area contributed by atoms with Gasteiger partial charge >= 0.3 is 5.97 Å². The van der Waals surface area contributed by atoms with Crippen molar-refractivity contribution in [2.75, 3.05) is 6.61 Å². The number of ether oxygens (including phenoxy) is 2. The number of hydrogen-bond acceptors (Lipinski definition) is 6. The summed E-state index contributed by atoms with van der Waals surface area (Å²) in [5.41, 5.74) is 0.0306. The van der Waals surface area contributed by atoms with Gasteiger partial charge in [0.1, 0.15) is 12.0 Å². The van der Waals surface area contributed by atoms with Gasteiger partial charge in [0.2, 0.25) is 0 Å². The van der Waals surface area contributed by atoms with Crippen LogP contribution in [0.5, 0.6) is 0 Å².